The molecule has 0 aliphatic carbocycles. The Balaban J connectivity index is 2.36. The zero-order valence-electron chi connectivity index (χ0n) is 6.58. The lowest BCUT2D eigenvalue weighted by Gasteiger charge is -2.03. The van der Waals surface area contributed by atoms with E-state index < -0.39 is 0 Å². The zero-order valence-corrected chi connectivity index (χ0v) is 6.58. The topological polar surface area (TPSA) is 73.1 Å². The van der Waals surface area contributed by atoms with Crippen LogP contribution in [0.25, 0.3) is 0 Å². The van der Waals surface area contributed by atoms with Gasteiger partial charge < -0.3 is 15.8 Å². The van der Waals surface area contributed by atoms with E-state index in [9.17, 15) is 0 Å². The molecule has 5 heteroatoms. The van der Waals surface area contributed by atoms with Crippen molar-refractivity contribution < 1.29 is 4.74 Å². The molecular formula is C7H10N4O. The lowest BCUT2D eigenvalue weighted by molar-refractivity contribution is 0.314. The van der Waals surface area contributed by atoms with Gasteiger partial charge in [0.2, 0.25) is 11.8 Å². The van der Waals surface area contributed by atoms with Gasteiger partial charge in [-0.05, 0) is 0 Å². The maximum Gasteiger partial charge on any atom is 0.223 e. The minimum atomic E-state index is 0.260. The van der Waals surface area contributed by atoms with E-state index in [1.165, 1.54) is 0 Å². The van der Waals surface area contributed by atoms with Crippen LogP contribution in [0.4, 0.5) is 5.95 Å². The van der Waals surface area contributed by atoms with Gasteiger partial charge in [0.25, 0.3) is 0 Å². The lowest BCUT2D eigenvalue weighted by atomic mass is 10.3. The SMILES string of the molecule is Nc1ncc2c(n1)OCCNC2. The molecule has 2 rings (SSSR count). The van der Waals surface area contributed by atoms with Gasteiger partial charge in [0.15, 0.2) is 0 Å². The monoisotopic (exact) mass is 166 g/mol. The number of hydrogen-bond acceptors (Lipinski definition) is 5. The largest absolute Gasteiger partial charge is 0.476 e. The molecule has 0 aromatic carbocycles. The maximum absolute atomic E-state index is 5.41. The van der Waals surface area contributed by atoms with E-state index in [1.54, 1.807) is 6.20 Å². The van der Waals surface area contributed by atoms with Crippen LogP contribution in [0.2, 0.25) is 0 Å². The fourth-order valence-corrected chi connectivity index (χ4v) is 1.09. The van der Waals surface area contributed by atoms with Crippen molar-refractivity contribution in [2.45, 2.75) is 6.54 Å². The molecule has 1 aromatic rings. The van der Waals surface area contributed by atoms with Crippen molar-refractivity contribution in [1.82, 2.24) is 15.3 Å². The van der Waals surface area contributed by atoms with E-state index in [0.29, 0.717) is 12.5 Å². The van der Waals surface area contributed by atoms with Gasteiger partial charge in [-0.25, -0.2) is 4.98 Å². The molecule has 64 valence electrons. The Labute approximate surface area is 70.0 Å². The number of fused-ring (bicyclic) bond motifs is 1. The third kappa shape index (κ3) is 1.31. The van der Waals surface area contributed by atoms with E-state index in [2.05, 4.69) is 15.3 Å². The molecule has 1 aliphatic rings. The normalized spacial score (nSPS) is 16.0. The molecule has 0 saturated carbocycles. The summed E-state index contributed by atoms with van der Waals surface area (Å²) < 4.78 is 5.34. The van der Waals surface area contributed by atoms with Crippen molar-refractivity contribution in [1.29, 1.82) is 0 Å². The zero-order chi connectivity index (χ0) is 8.39. The Morgan fingerprint density at radius 1 is 1.58 bits per heavy atom. The summed E-state index contributed by atoms with van der Waals surface area (Å²) in [4.78, 5) is 7.86. The third-order valence-corrected chi connectivity index (χ3v) is 1.68. The van der Waals surface area contributed by atoms with Crippen molar-refractivity contribution in [3.63, 3.8) is 0 Å². The minimum Gasteiger partial charge on any atom is -0.476 e. The van der Waals surface area contributed by atoms with E-state index in [4.69, 9.17) is 10.5 Å². The molecule has 0 atom stereocenters. The number of nitrogens with one attached hydrogen (secondary N) is 1. The highest BCUT2D eigenvalue weighted by Gasteiger charge is 2.09. The molecule has 0 saturated heterocycles. The molecule has 0 radical (unpaired) electrons. The molecule has 2 heterocycles. The smallest absolute Gasteiger partial charge is 0.223 e. The second-order valence-electron chi connectivity index (χ2n) is 2.58. The average molecular weight is 166 g/mol. The summed E-state index contributed by atoms with van der Waals surface area (Å²) in [6.45, 7) is 2.20. The molecule has 0 unspecified atom stereocenters. The highest BCUT2D eigenvalue weighted by atomic mass is 16.5. The van der Waals surface area contributed by atoms with Crippen molar-refractivity contribution in [3.05, 3.63) is 11.8 Å². The lowest BCUT2D eigenvalue weighted by Crippen LogP contribution is -2.16. The molecule has 0 spiro atoms. The van der Waals surface area contributed by atoms with Crippen molar-refractivity contribution in [3.8, 4) is 5.88 Å². The summed E-state index contributed by atoms with van der Waals surface area (Å²) >= 11 is 0. The van der Waals surface area contributed by atoms with E-state index in [-0.39, 0.29) is 5.95 Å². The van der Waals surface area contributed by atoms with Crippen molar-refractivity contribution in [2.24, 2.45) is 0 Å². The number of nitrogens with two attached hydrogens (primary N) is 1. The van der Waals surface area contributed by atoms with Crippen LogP contribution in [0.1, 0.15) is 5.56 Å². The Hall–Kier alpha value is -1.36. The molecule has 5 nitrogen and oxygen atoms in total. The number of nitrogens with zero attached hydrogens (tertiary/aromatic N) is 2. The Kier molecular flexibility index (Phi) is 1.79. The number of nitrogen functional groups attached to an aromatic ring is 1. The average Bonchev–Trinajstić information content (AvgIpc) is 2.28. The number of ether oxygens (including phenoxy) is 1. The predicted molar refractivity (Wildman–Crippen MR) is 43.6 cm³/mol. The van der Waals surface area contributed by atoms with Gasteiger partial charge in [-0.2, -0.15) is 4.98 Å². The summed E-state index contributed by atoms with van der Waals surface area (Å²) in [5, 5.41) is 3.18. The molecule has 3 N–H and O–H groups in total. The summed E-state index contributed by atoms with van der Waals surface area (Å²) in [5.74, 6) is 0.864. The van der Waals surface area contributed by atoms with Crippen molar-refractivity contribution in [2.75, 3.05) is 18.9 Å². The fourth-order valence-electron chi connectivity index (χ4n) is 1.09. The minimum absolute atomic E-state index is 0.260. The molecule has 0 amide bonds. The van der Waals surface area contributed by atoms with Gasteiger partial charge in [-0.3, -0.25) is 0 Å². The number of aromatic nitrogens is 2. The summed E-state index contributed by atoms with van der Waals surface area (Å²) in [6.07, 6.45) is 1.69. The van der Waals surface area contributed by atoms with Gasteiger partial charge >= 0.3 is 0 Å². The van der Waals surface area contributed by atoms with Crippen LogP contribution in [0.15, 0.2) is 6.20 Å². The summed E-state index contributed by atoms with van der Waals surface area (Å²) in [7, 11) is 0. The second kappa shape index (κ2) is 2.94. The highest BCUT2D eigenvalue weighted by molar-refractivity contribution is 5.30. The van der Waals surface area contributed by atoms with Crippen LogP contribution in [0, 0.1) is 0 Å². The van der Waals surface area contributed by atoms with Gasteiger partial charge in [0.1, 0.15) is 6.61 Å². The van der Waals surface area contributed by atoms with E-state index in [1.807, 2.05) is 0 Å². The third-order valence-electron chi connectivity index (χ3n) is 1.68. The quantitative estimate of drug-likeness (QED) is 0.545. The van der Waals surface area contributed by atoms with Crippen LogP contribution in [-0.4, -0.2) is 23.1 Å². The summed E-state index contributed by atoms with van der Waals surface area (Å²) in [6, 6.07) is 0. The molecule has 0 bridgehead atoms. The van der Waals surface area contributed by atoms with E-state index in [0.717, 1.165) is 18.7 Å². The Morgan fingerprint density at radius 2 is 2.50 bits per heavy atom. The first kappa shape index (κ1) is 7.30. The van der Waals surface area contributed by atoms with Gasteiger partial charge in [0.05, 0.1) is 0 Å². The molecule has 0 fully saturated rings. The predicted octanol–water partition coefficient (Wildman–Crippen LogP) is -0.459. The molecular weight excluding hydrogens is 156 g/mol. The van der Waals surface area contributed by atoms with Gasteiger partial charge in [-0.15, -0.1) is 0 Å². The Morgan fingerprint density at radius 3 is 3.42 bits per heavy atom. The maximum atomic E-state index is 5.41. The van der Waals surface area contributed by atoms with Crippen LogP contribution in [0.5, 0.6) is 5.88 Å². The summed E-state index contributed by atoms with van der Waals surface area (Å²) in [5.41, 5.74) is 6.37. The molecule has 1 aromatic heterocycles. The second-order valence-corrected chi connectivity index (χ2v) is 2.58. The Bertz CT molecular complexity index is 289. The molecule has 1 aliphatic heterocycles. The van der Waals surface area contributed by atoms with Gasteiger partial charge in [-0.1, -0.05) is 0 Å². The van der Waals surface area contributed by atoms with Crippen LogP contribution in [-0.2, 0) is 6.54 Å². The standard InChI is InChI=1S/C7H10N4O/c8-7-10-4-5-3-9-1-2-12-6(5)11-7/h4,9H,1-3H2,(H2,8,10,11). The first-order chi connectivity index (χ1) is 5.86. The number of rotatable bonds is 0. The van der Waals surface area contributed by atoms with Crippen LogP contribution < -0.4 is 15.8 Å². The fraction of sp³-hybridized carbons (Fsp3) is 0.429. The molecule has 12 heavy (non-hydrogen) atoms. The number of hydrogen-bond donors (Lipinski definition) is 2. The highest BCUT2D eigenvalue weighted by Crippen LogP contribution is 2.16. The number of anilines is 1. The van der Waals surface area contributed by atoms with Gasteiger partial charge in [0, 0.05) is 24.8 Å². The van der Waals surface area contributed by atoms with Crippen LogP contribution >= 0.6 is 0 Å². The van der Waals surface area contributed by atoms with E-state index >= 15 is 0 Å². The first-order valence-corrected chi connectivity index (χ1v) is 3.81. The van der Waals surface area contributed by atoms with Crippen LogP contribution in [0.3, 0.4) is 0 Å². The van der Waals surface area contributed by atoms with Crippen molar-refractivity contribution >= 4 is 5.95 Å². The first-order valence-electron chi connectivity index (χ1n) is 3.81.